The van der Waals surface area contributed by atoms with Crippen molar-refractivity contribution in [2.45, 2.75) is 11.1 Å². The van der Waals surface area contributed by atoms with E-state index in [1.54, 1.807) is 0 Å². The first kappa shape index (κ1) is 21.7. The normalized spacial score (nSPS) is 11.9. The second-order valence-electron chi connectivity index (χ2n) is 5.77. The molecule has 1 N–H and O–H groups in total. The molecule has 0 saturated heterocycles. The van der Waals surface area contributed by atoms with Gasteiger partial charge in [0.1, 0.15) is 12.4 Å². The van der Waals surface area contributed by atoms with Gasteiger partial charge in [0, 0.05) is 13.4 Å². The quantitative estimate of drug-likeness (QED) is 0.699. The summed E-state index contributed by atoms with van der Waals surface area (Å²) in [6.45, 7) is 0.232. The van der Waals surface area contributed by atoms with Crippen LogP contribution in [0.3, 0.4) is 0 Å². The van der Waals surface area contributed by atoms with Crippen molar-refractivity contribution in [1.29, 1.82) is 0 Å². The molecule has 0 atom stereocenters. The maximum absolute atomic E-state index is 13.0. The highest BCUT2D eigenvalue weighted by molar-refractivity contribution is 7.90. The van der Waals surface area contributed by atoms with Crippen molar-refractivity contribution in [3.8, 4) is 5.75 Å². The predicted molar refractivity (Wildman–Crippen MR) is 96.3 cm³/mol. The summed E-state index contributed by atoms with van der Waals surface area (Å²) >= 11 is 0. The highest BCUT2D eigenvalue weighted by Crippen LogP contribution is 2.35. The average Bonchev–Trinajstić information content (AvgIpc) is 2.61. The number of hydrogen-bond acceptors (Lipinski definition) is 5. The summed E-state index contributed by atoms with van der Waals surface area (Å²) in [5, 5.41) is 2.31. The van der Waals surface area contributed by atoms with Gasteiger partial charge in [-0.2, -0.15) is 13.2 Å². The molecule has 2 rings (SSSR count). The van der Waals surface area contributed by atoms with E-state index in [2.05, 4.69) is 5.32 Å². The molecule has 10 heteroatoms. The molecule has 0 saturated carbocycles. The molecule has 0 spiro atoms. The van der Waals surface area contributed by atoms with E-state index < -0.39 is 27.5 Å². The summed E-state index contributed by atoms with van der Waals surface area (Å²) in [5.74, 6) is -0.882. The number of amides is 1. The fourth-order valence-electron chi connectivity index (χ4n) is 2.33. The van der Waals surface area contributed by atoms with Crippen molar-refractivity contribution in [2.75, 3.05) is 31.9 Å². The second kappa shape index (κ2) is 8.61. The lowest BCUT2D eigenvalue weighted by molar-refractivity contribution is -0.137. The van der Waals surface area contributed by atoms with Gasteiger partial charge in [0.15, 0.2) is 9.84 Å². The van der Waals surface area contributed by atoms with Crippen LogP contribution in [0.1, 0.15) is 15.9 Å². The molecule has 152 valence electrons. The zero-order valence-corrected chi connectivity index (χ0v) is 15.9. The van der Waals surface area contributed by atoms with Gasteiger partial charge in [-0.25, -0.2) is 8.42 Å². The summed E-state index contributed by atoms with van der Waals surface area (Å²) in [7, 11) is -2.29. The third-order valence-electron chi connectivity index (χ3n) is 3.63. The van der Waals surface area contributed by atoms with E-state index in [4.69, 9.17) is 9.47 Å². The molecular formula is C18H18F3NO5S. The van der Waals surface area contributed by atoms with Gasteiger partial charge in [-0.3, -0.25) is 4.79 Å². The van der Waals surface area contributed by atoms with Gasteiger partial charge in [-0.15, -0.1) is 0 Å². The zero-order valence-electron chi connectivity index (χ0n) is 15.0. The van der Waals surface area contributed by atoms with Crippen LogP contribution in [0.4, 0.5) is 18.9 Å². The van der Waals surface area contributed by atoms with E-state index in [0.717, 1.165) is 24.5 Å². The number of alkyl halides is 3. The Morgan fingerprint density at radius 3 is 2.39 bits per heavy atom. The lowest BCUT2D eigenvalue weighted by Gasteiger charge is -2.16. The molecule has 1 amide bonds. The predicted octanol–water partition coefficient (Wildman–Crippen LogP) is 3.39. The number of ether oxygens (including phenoxy) is 2. The molecular weight excluding hydrogens is 399 g/mol. The number of anilines is 1. The molecule has 0 fully saturated rings. The minimum absolute atomic E-state index is 0.00441. The van der Waals surface area contributed by atoms with Crippen LogP contribution in [0.2, 0.25) is 0 Å². The Morgan fingerprint density at radius 1 is 1.11 bits per heavy atom. The van der Waals surface area contributed by atoms with Crippen molar-refractivity contribution in [2.24, 2.45) is 0 Å². The SMILES string of the molecule is COCCOc1ccc(C(F)(F)F)cc1NC(=O)c1ccccc1S(C)(=O)=O. The molecule has 0 unspecified atom stereocenters. The number of benzene rings is 2. The van der Waals surface area contributed by atoms with Crippen molar-refractivity contribution >= 4 is 21.4 Å². The van der Waals surface area contributed by atoms with Crippen LogP contribution in [0, 0.1) is 0 Å². The number of carbonyl (C=O) groups is 1. The first-order valence-electron chi connectivity index (χ1n) is 7.97. The largest absolute Gasteiger partial charge is 0.489 e. The van der Waals surface area contributed by atoms with E-state index in [-0.39, 0.29) is 35.1 Å². The maximum atomic E-state index is 13.0. The molecule has 6 nitrogen and oxygen atoms in total. The molecule has 2 aromatic rings. The second-order valence-corrected chi connectivity index (χ2v) is 7.76. The highest BCUT2D eigenvalue weighted by atomic mass is 32.2. The van der Waals surface area contributed by atoms with Crippen LogP contribution >= 0.6 is 0 Å². The standard InChI is InChI=1S/C18H18F3NO5S/c1-26-9-10-27-15-8-7-12(18(19,20)21)11-14(15)22-17(23)13-5-3-4-6-16(13)28(2,24)25/h3-8,11H,9-10H2,1-2H3,(H,22,23). The molecule has 0 aliphatic carbocycles. The van der Waals surface area contributed by atoms with E-state index in [1.165, 1.54) is 31.4 Å². The lowest BCUT2D eigenvalue weighted by atomic mass is 10.1. The monoisotopic (exact) mass is 417 g/mol. The summed E-state index contributed by atoms with van der Waals surface area (Å²) in [4.78, 5) is 12.4. The fraction of sp³-hybridized carbons (Fsp3) is 0.278. The van der Waals surface area contributed by atoms with Gasteiger partial charge in [0.05, 0.1) is 28.3 Å². The van der Waals surface area contributed by atoms with Crippen LogP contribution in [0.15, 0.2) is 47.4 Å². The minimum atomic E-state index is -4.63. The molecule has 0 radical (unpaired) electrons. The number of hydrogen-bond donors (Lipinski definition) is 1. The average molecular weight is 417 g/mol. The van der Waals surface area contributed by atoms with Gasteiger partial charge < -0.3 is 14.8 Å². The number of sulfone groups is 1. The molecule has 0 aliphatic heterocycles. The Labute approximate surface area is 160 Å². The molecule has 28 heavy (non-hydrogen) atoms. The van der Waals surface area contributed by atoms with E-state index >= 15 is 0 Å². The Balaban J connectivity index is 2.42. The first-order chi connectivity index (χ1) is 13.0. The van der Waals surface area contributed by atoms with Gasteiger partial charge in [-0.1, -0.05) is 12.1 Å². The lowest BCUT2D eigenvalue weighted by Crippen LogP contribution is -2.18. The van der Waals surface area contributed by atoms with Crippen molar-refractivity contribution < 1.29 is 35.9 Å². The van der Waals surface area contributed by atoms with E-state index in [9.17, 15) is 26.4 Å². The number of nitrogens with one attached hydrogen (secondary N) is 1. The summed E-state index contributed by atoms with van der Waals surface area (Å²) in [6, 6.07) is 8.03. The molecule has 0 aliphatic rings. The van der Waals surface area contributed by atoms with Crippen molar-refractivity contribution in [3.63, 3.8) is 0 Å². The summed E-state index contributed by atoms with van der Waals surface area (Å²) in [6.07, 6.45) is -3.70. The number of halogens is 3. The Bertz CT molecular complexity index is 958. The Kier molecular flexibility index (Phi) is 6.68. The Hall–Kier alpha value is -2.59. The van der Waals surface area contributed by atoms with Gasteiger partial charge in [0.2, 0.25) is 0 Å². The van der Waals surface area contributed by atoms with Gasteiger partial charge in [0.25, 0.3) is 5.91 Å². The number of carbonyl (C=O) groups excluding carboxylic acids is 1. The van der Waals surface area contributed by atoms with Crippen molar-refractivity contribution in [3.05, 3.63) is 53.6 Å². The van der Waals surface area contributed by atoms with Crippen LogP contribution in [-0.4, -0.2) is 40.9 Å². The molecule has 0 heterocycles. The fourth-order valence-corrected chi connectivity index (χ4v) is 3.22. The summed E-state index contributed by atoms with van der Waals surface area (Å²) in [5.41, 5.74) is -1.41. The van der Waals surface area contributed by atoms with Crippen LogP contribution in [0.5, 0.6) is 5.75 Å². The Morgan fingerprint density at radius 2 is 1.79 bits per heavy atom. The highest BCUT2D eigenvalue weighted by Gasteiger charge is 2.31. The first-order valence-corrected chi connectivity index (χ1v) is 9.86. The third-order valence-corrected chi connectivity index (χ3v) is 4.79. The third kappa shape index (κ3) is 5.46. The molecule has 0 aromatic heterocycles. The molecule has 2 aromatic carbocycles. The van der Waals surface area contributed by atoms with Gasteiger partial charge in [-0.05, 0) is 30.3 Å². The molecule has 0 bridgehead atoms. The van der Waals surface area contributed by atoms with Crippen molar-refractivity contribution in [1.82, 2.24) is 0 Å². The zero-order chi connectivity index (χ0) is 20.9. The number of rotatable bonds is 7. The van der Waals surface area contributed by atoms with Gasteiger partial charge >= 0.3 is 6.18 Å². The maximum Gasteiger partial charge on any atom is 0.416 e. The minimum Gasteiger partial charge on any atom is -0.489 e. The van der Waals surface area contributed by atoms with Crippen LogP contribution < -0.4 is 10.1 Å². The smallest absolute Gasteiger partial charge is 0.416 e. The summed E-state index contributed by atoms with van der Waals surface area (Å²) < 4.78 is 73.0. The van der Waals surface area contributed by atoms with Crippen LogP contribution in [0.25, 0.3) is 0 Å². The van der Waals surface area contributed by atoms with E-state index in [0.29, 0.717) is 0 Å². The van der Waals surface area contributed by atoms with E-state index in [1.807, 2.05) is 0 Å². The number of methoxy groups -OCH3 is 1. The topological polar surface area (TPSA) is 81.7 Å². The van der Waals surface area contributed by atoms with Crippen LogP contribution in [-0.2, 0) is 20.8 Å².